The molecular weight excluding hydrogens is 218 g/mol. The van der Waals surface area contributed by atoms with Crippen molar-refractivity contribution < 1.29 is 14.3 Å². The standard InChI is InChI=1S/C13H17NO3/c1-9(2)14-13(16)8-17-12-5-4-10(3)6-11(12)7-15/h4-7,9H,8H2,1-3H3,(H,14,16). The van der Waals surface area contributed by atoms with E-state index in [1.54, 1.807) is 12.1 Å². The van der Waals surface area contributed by atoms with Crippen LogP contribution < -0.4 is 10.1 Å². The Morgan fingerprint density at radius 3 is 2.76 bits per heavy atom. The molecule has 0 aromatic heterocycles. The number of benzene rings is 1. The minimum absolute atomic E-state index is 0.0784. The van der Waals surface area contributed by atoms with Crippen molar-refractivity contribution in [3.8, 4) is 5.75 Å². The summed E-state index contributed by atoms with van der Waals surface area (Å²) in [5, 5.41) is 2.71. The number of carbonyl (C=O) groups excluding carboxylic acids is 2. The SMILES string of the molecule is Cc1ccc(OCC(=O)NC(C)C)c(C=O)c1. The Morgan fingerprint density at radius 2 is 2.18 bits per heavy atom. The molecular formula is C13H17NO3. The van der Waals surface area contributed by atoms with Gasteiger partial charge in [-0.2, -0.15) is 0 Å². The average molecular weight is 235 g/mol. The summed E-state index contributed by atoms with van der Waals surface area (Å²) in [6, 6.07) is 5.34. The molecule has 0 radical (unpaired) electrons. The van der Waals surface area contributed by atoms with E-state index in [-0.39, 0.29) is 18.6 Å². The van der Waals surface area contributed by atoms with Gasteiger partial charge in [-0.05, 0) is 32.9 Å². The van der Waals surface area contributed by atoms with Crippen molar-refractivity contribution in [2.75, 3.05) is 6.61 Å². The summed E-state index contributed by atoms with van der Waals surface area (Å²) < 4.78 is 5.30. The van der Waals surface area contributed by atoms with Gasteiger partial charge in [0.1, 0.15) is 5.75 Å². The van der Waals surface area contributed by atoms with E-state index in [2.05, 4.69) is 5.32 Å². The number of aldehydes is 1. The number of aryl methyl sites for hydroxylation is 1. The summed E-state index contributed by atoms with van der Waals surface area (Å²) in [6.07, 6.45) is 0.725. The number of amides is 1. The third kappa shape index (κ3) is 4.26. The van der Waals surface area contributed by atoms with E-state index in [0.29, 0.717) is 11.3 Å². The third-order valence-electron chi connectivity index (χ3n) is 2.10. The van der Waals surface area contributed by atoms with Crippen molar-refractivity contribution in [1.29, 1.82) is 0 Å². The second-order valence-corrected chi connectivity index (χ2v) is 4.17. The summed E-state index contributed by atoms with van der Waals surface area (Å²) in [6.45, 7) is 5.56. The molecule has 1 N–H and O–H groups in total. The van der Waals surface area contributed by atoms with E-state index < -0.39 is 0 Å². The molecule has 0 saturated carbocycles. The molecule has 1 aromatic carbocycles. The van der Waals surface area contributed by atoms with Crippen LogP contribution in [0.2, 0.25) is 0 Å². The third-order valence-corrected chi connectivity index (χ3v) is 2.10. The van der Waals surface area contributed by atoms with Gasteiger partial charge in [-0.15, -0.1) is 0 Å². The molecule has 1 amide bonds. The minimum Gasteiger partial charge on any atom is -0.483 e. The molecule has 1 rings (SSSR count). The molecule has 0 spiro atoms. The van der Waals surface area contributed by atoms with E-state index in [1.807, 2.05) is 26.8 Å². The Labute approximate surface area is 101 Å². The topological polar surface area (TPSA) is 55.4 Å². The van der Waals surface area contributed by atoms with Crippen LogP contribution in [0.15, 0.2) is 18.2 Å². The van der Waals surface area contributed by atoms with E-state index >= 15 is 0 Å². The highest BCUT2D eigenvalue weighted by atomic mass is 16.5. The van der Waals surface area contributed by atoms with Crippen LogP contribution in [0.3, 0.4) is 0 Å². The molecule has 0 aliphatic carbocycles. The van der Waals surface area contributed by atoms with Crippen LogP contribution in [0.25, 0.3) is 0 Å². The molecule has 92 valence electrons. The highest BCUT2D eigenvalue weighted by Crippen LogP contribution is 2.17. The Kier molecular flexibility index (Phi) is 4.69. The Bertz CT molecular complexity index is 413. The minimum atomic E-state index is -0.197. The number of hydrogen-bond donors (Lipinski definition) is 1. The summed E-state index contributed by atoms with van der Waals surface area (Å²) in [4.78, 5) is 22.2. The van der Waals surface area contributed by atoms with Gasteiger partial charge in [-0.25, -0.2) is 0 Å². The fraction of sp³-hybridized carbons (Fsp3) is 0.385. The van der Waals surface area contributed by atoms with Crippen LogP contribution in [0.1, 0.15) is 29.8 Å². The quantitative estimate of drug-likeness (QED) is 0.790. The van der Waals surface area contributed by atoms with Gasteiger partial charge in [0, 0.05) is 6.04 Å². The molecule has 0 aliphatic rings. The maximum atomic E-state index is 11.4. The second-order valence-electron chi connectivity index (χ2n) is 4.17. The van der Waals surface area contributed by atoms with Crippen LogP contribution in [-0.4, -0.2) is 24.8 Å². The van der Waals surface area contributed by atoms with Crippen molar-refractivity contribution >= 4 is 12.2 Å². The number of hydrogen-bond acceptors (Lipinski definition) is 3. The summed E-state index contributed by atoms with van der Waals surface area (Å²) >= 11 is 0. The van der Waals surface area contributed by atoms with Gasteiger partial charge < -0.3 is 10.1 Å². The Balaban J connectivity index is 2.63. The highest BCUT2D eigenvalue weighted by Gasteiger charge is 2.07. The number of carbonyl (C=O) groups is 2. The lowest BCUT2D eigenvalue weighted by Crippen LogP contribution is -2.34. The second kappa shape index (κ2) is 6.03. The Morgan fingerprint density at radius 1 is 1.47 bits per heavy atom. The van der Waals surface area contributed by atoms with Crippen LogP contribution in [0, 0.1) is 6.92 Å². The first-order chi connectivity index (χ1) is 8.02. The first-order valence-corrected chi connectivity index (χ1v) is 5.51. The van der Waals surface area contributed by atoms with Crippen molar-refractivity contribution in [1.82, 2.24) is 5.32 Å². The van der Waals surface area contributed by atoms with Gasteiger partial charge in [0.15, 0.2) is 12.9 Å². The Hall–Kier alpha value is -1.84. The summed E-state index contributed by atoms with van der Waals surface area (Å²) in [5.41, 5.74) is 1.44. The smallest absolute Gasteiger partial charge is 0.258 e. The summed E-state index contributed by atoms with van der Waals surface area (Å²) in [5.74, 6) is 0.238. The fourth-order valence-electron chi connectivity index (χ4n) is 1.40. The van der Waals surface area contributed by atoms with Crippen molar-refractivity contribution in [3.05, 3.63) is 29.3 Å². The lowest BCUT2D eigenvalue weighted by Gasteiger charge is -2.11. The molecule has 0 saturated heterocycles. The predicted octanol–water partition coefficient (Wildman–Crippen LogP) is 1.71. The normalized spacial score (nSPS) is 10.1. The molecule has 0 fully saturated rings. The van der Waals surface area contributed by atoms with Crippen molar-refractivity contribution in [3.63, 3.8) is 0 Å². The van der Waals surface area contributed by atoms with Crippen molar-refractivity contribution in [2.24, 2.45) is 0 Å². The zero-order valence-electron chi connectivity index (χ0n) is 10.3. The zero-order chi connectivity index (χ0) is 12.8. The maximum absolute atomic E-state index is 11.4. The first-order valence-electron chi connectivity index (χ1n) is 5.51. The van der Waals surface area contributed by atoms with E-state index in [4.69, 9.17) is 4.74 Å². The van der Waals surface area contributed by atoms with E-state index in [9.17, 15) is 9.59 Å². The van der Waals surface area contributed by atoms with Gasteiger partial charge in [-0.1, -0.05) is 11.6 Å². The van der Waals surface area contributed by atoms with Gasteiger partial charge in [-0.3, -0.25) is 9.59 Å². The van der Waals surface area contributed by atoms with Crippen LogP contribution in [0.5, 0.6) is 5.75 Å². The first kappa shape index (κ1) is 13.2. The molecule has 0 aliphatic heterocycles. The molecule has 0 heterocycles. The molecule has 0 unspecified atom stereocenters. The van der Waals surface area contributed by atoms with Gasteiger partial charge >= 0.3 is 0 Å². The molecule has 1 aromatic rings. The van der Waals surface area contributed by atoms with Crippen LogP contribution >= 0.6 is 0 Å². The number of rotatable bonds is 5. The highest BCUT2D eigenvalue weighted by molar-refractivity contribution is 5.81. The monoisotopic (exact) mass is 235 g/mol. The maximum Gasteiger partial charge on any atom is 0.258 e. The molecule has 0 atom stereocenters. The lowest BCUT2D eigenvalue weighted by molar-refractivity contribution is -0.123. The largest absolute Gasteiger partial charge is 0.483 e. The fourth-order valence-corrected chi connectivity index (χ4v) is 1.40. The average Bonchev–Trinajstić information content (AvgIpc) is 2.26. The number of ether oxygens (including phenoxy) is 1. The number of nitrogens with one attached hydrogen (secondary N) is 1. The van der Waals surface area contributed by atoms with Crippen LogP contribution in [-0.2, 0) is 4.79 Å². The van der Waals surface area contributed by atoms with Crippen LogP contribution in [0.4, 0.5) is 0 Å². The summed E-state index contributed by atoms with van der Waals surface area (Å²) in [7, 11) is 0. The van der Waals surface area contributed by atoms with E-state index in [1.165, 1.54) is 0 Å². The van der Waals surface area contributed by atoms with Gasteiger partial charge in [0.25, 0.3) is 5.91 Å². The molecule has 17 heavy (non-hydrogen) atoms. The lowest BCUT2D eigenvalue weighted by atomic mass is 10.1. The molecule has 0 bridgehead atoms. The van der Waals surface area contributed by atoms with Gasteiger partial charge in [0.05, 0.1) is 5.56 Å². The predicted molar refractivity (Wildman–Crippen MR) is 65.3 cm³/mol. The van der Waals surface area contributed by atoms with E-state index in [0.717, 1.165) is 11.8 Å². The van der Waals surface area contributed by atoms with Crippen molar-refractivity contribution in [2.45, 2.75) is 26.8 Å². The molecule has 4 nitrogen and oxygen atoms in total. The van der Waals surface area contributed by atoms with Gasteiger partial charge in [0.2, 0.25) is 0 Å². The zero-order valence-corrected chi connectivity index (χ0v) is 10.3. The molecule has 4 heteroatoms.